The fraction of sp³-hybridized carbons (Fsp3) is 0.250. The Labute approximate surface area is 139 Å². The van der Waals surface area contributed by atoms with E-state index in [2.05, 4.69) is 56.3 Å². The van der Waals surface area contributed by atoms with Crippen LogP contribution in [0.5, 0.6) is 0 Å². The number of benzene rings is 1. The van der Waals surface area contributed by atoms with Gasteiger partial charge in [-0.2, -0.15) is 0 Å². The summed E-state index contributed by atoms with van der Waals surface area (Å²) >= 11 is -0.500. The van der Waals surface area contributed by atoms with E-state index in [-0.39, 0.29) is 24.8 Å². The Hall–Kier alpha value is -0.0969. The van der Waals surface area contributed by atoms with Crippen molar-refractivity contribution in [3.8, 4) is 0 Å². The second kappa shape index (κ2) is 7.07. The second-order valence-corrected chi connectivity index (χ2v) is 8.47. The largest absolute Gasteiger partial charge is 1.00 e. The van der Waals surface area contributed by atoms with E-state index in [4.69, 9.17) is 0 Å². The van der Waals surface area contributed by atoms with Crippen LogP contribution in [0.1, 0.15) is 35.0 Å². The average Bonchev–Trinajstić information content (AvgIpc) is 2.85. The summed E-state index contributed by atoms with van der Waals surface area (Å²) in [6, 6.07) is 8.92. The van der Waals surface area contributed by atoms with Crippen molar-refractivity contribution in [3.05, 3.63) is 62.0 Å². The average molecular weight is 370 g/mol. The van der Waals surface area contributed by atoms with Crippen LogP contribution in [0.25, 0.3) is 6.08 Å². The van der Waals surface area contributed by atoms with Crippen LogP contribution in [0.2, 0.25) is 0 Å². The number of rotatable bonds is 2. The van der Waals surface area contributed by atoms with Gasteiger partial charge in [0.05, 0.1) is 0 Å². The third-order valence-electron chi connectivity index (χ3n) is 3.63. The van der Waals surface area contributed by atoms with Crippen LogP contribution in [0.15, 0.2) is 50.8 Å². The van der Waals surface area contributed by atoms with E-state index in [0.29, 0.717) is 0 Å². The topological polar surface area (TPSA) is 0 Å². The molecule has 0 bridgehead atoms. The van der Waals surface area contributed by atoms with Crippen molar-refractivity contribution >= 4 is 6.08 Å². The van der Waals surface area contributed by atoms with Crippen LogP contribution in [-0.2, 0) is 23.2 Å². The third-order valence-corrected chi connectivity index (χ3v) is 8.55. The molecule has 0 spiro atoms. The summed E-state index contributed by atoms with van der Waals surface area (Å²) in [5.74, 6) is 0. The molecule has 0 N–H and O–H groups in total. The maximum Gasteiger partial charge on any atom is -1.00 e. The molecule has 0 nitrogen and oxygen atoms in total. The van der Waals surface area contributed by atoms with Crippen LogP contribution in [0.4, 0.5) is 0 Å². The van der Waals surface area contributed by atoms with Crippen molar-refractivity contribution in [3.63, 3.8) is 0 Å². The van der Waals surface area contributed by atoms with Crippen molar-refractivity contribution < 1.29 is 48.0 Å². The first kappa shape index (κ1) is 17.0. The molecule has 98 valence electrons. The van der Waals surface area contributed by atoms with E-state index < -0.39 is 23.2 Å². The van der Waals surface area contributed by atoms with Gasteiger partial charge in [0.25, 0.3) is 0 Å². The normalized spacial score (nSPS) is 19.3. The van der Waals surface area contributed by atoms with Gasteiger partial charge >= 0.3 is 115 Å². The first-order chi connectivity index (χ1) is 8.25. The van der Waals surface area contributed by atoms with Crippen LogP contribution in [0, 0.1) is 0 Å². The molecule has 1 atom stereocenters. The number of allylic oxidation sites excluding steroid dienone is 5. The molecule has 1 aromatic carbocycles. The standard InChI is InChI=1S/C10H9.C6H7.2ClH.Zr/c1-8-6-9-4-2-3-5-10(9)7-8;1-6-4-2-3-5-6;;;/h2-7H,1H3;2,4H,3H2,1H3;2*1H;/q;;;;+2/p-2. The fourth-order valence-electron chi connectivity index (χ4n) is 2.63. The zero-order chi connectivity index (χ0) is 11.8. The molecule has 19 heavy (non-hydrogen) atoms. The Morgan fingerprint density at radius 2 is 1.84 bits per heavy atom. The summed E-state index contributed by atoms with van der Waals surface area (Å²) in [4.78, 5) is 0. The van der Waals surface area contributed by atoms with E-state index >= 15 is 0 Å². The van der Waals surface area contributed by atoms with Gasteiger partial charge in [-0.15, -0.1) is 0 Å². The van der Waals surface area contributed by atoms with Gasteiger partial charge in [-0.25, -0.2) is 0 Å². The predicted molar refractivity (Wildman–Crippen MR) is 69.3 cm³/mol. The summed E-state index contributed by atoms with van der Waals surface area (Å²) in [5.41, 5.74) is 6.18. The number of hydrogen-bond donors (Lipinski definition) is 0. The molecule has 1 unspecified atom stereocenters. The summed E-state index contributed by atoms with van der Waals surface area (Å²) in [6.07, 6.45) is 8.24. The van der Waals surface area contributed by atoms with Crippen LogP contribution < -0.4 is 24.8 Å². The minimum absolute atomic E-state index is 0. The first-order valence-corrected chi connectivity index (χ1v) is 8.80. The van der Waals surface area contributed by atoms with Gasteiger partial charge in [0.1, 0.15) is 0 Å². The molecule has 0 aromatic heterocycles. The smallest absolute Gasteiger partial charge is 1.00 e. The zero-order valence-corrected chi connectivity index (χ0v) is 15.1. The Kier molecular flexibility index (Phi) is 6.31. The van der Waals surface area contributed by atoms with Gasteiger partial charge in [0.2, 0.25) is 0 Å². The summed E-state index contributed by atoms with van der Waals surface area (Å²) in [7, 11) is 0. The van der Waals surface area contributed by atoms with Gasteiger partial charge in [0, 0.05) is 0 Å². The summed E-state index contributed by atoms with van der Waals surface area (Å²) in [5, 5.41) is 0. The van der Waals surface area contributed by atoms with E-state index in [9.17, 15) is 0 Å². The molecule has 1 aromatic rings. The SMILES string of the molecule is CC1=Cc2ccccc2[CH]1[Zr+2][C]1=C(C)C=CC1.[Cl-].[Cl-]. The van der Waals surface area contributed by atoms with E-state index in [0.717, 1.165) is 3.63 Å². The monoisotopic (exact) mass is 368 g/mol. The van der Waals surface area contributed by atoms with Crippen LogP contribution in [0.3, 0.4) is 0 Å². The molecule has 2 aliphatic rings. The van der Waals surface area contributed by atoms with Crippen molar-refractivity contribution in [2.75, 3.05) is 0 Å². The molecule has 2 aliphatic carbocycles. The van der Waals surface area contributed by atoms with Gasteiger partial charge in [-0.3, -0.25) is 0 Å². The van der Waals surface area contributed by atoms with Crippen molar-refractivity contribution in [2.24, 2.45) is 0 Å². The maximum absolute atomic E-state index is 2.39. The third kappa shape index (κ3) is 3.32. The molecule has 0 saturated heterocycles. The number of hydrogen-bond acceptors (Lipinski definition) is 0. The van der Waals surface area contributed by atoms with Gasteiger partial charge in [-0.05, 0) is 0 Å². The summed E-state index contributed by atoms with van der Waals surface area (Å²) < 4.78 is 2.56. The van der Waals surface area contributed by atoms with E-state index in [1.807, 2.05) is 0 Å². The van der Waals surface area contributed by atoms with Crippen LogP contribution >= 0.6 is 0 Å². The Morgan fingerprint density at radius 3 is 2.53 bits per heavy atom. The van der Waals surface area contributed by atoms with E-state index in [1.165, 1.54) is 12.0 Å². The van der Waals surface area contributed by atoms with Crippen molar-refractivity contribution in [2.45, 2.75) is 23.9 Å². The minimum Gasteiger partial charge on any atom is -1.00 e. The van der Waals surface area contributed by atoms with Gasteiger partial charge in [0.15, 0.2) is 0 Å². The van der Waals surface area contributed by atoms with Gasteiger partial charge < -0.3 is 24.8 Å². The number of fused-ring (bicyclic) bond motifs is 1. The number of halogens is 2. The molecule has 3 rings (SSSR count). The predicted octanol–water partition coefficient (Wildman–Crippen LogP) is -1.53. The fourth-order valence-corrected chi connectivity index (χ4v) is 6.63. The minimum atomic E-state index is -0.500. The molecule has 3 heteroatoms. The molecule has 0 heterocycles. The quantitative estimate of drug-likeness (QED) is 0.593. The first-order valence-electron chi connectivity index (χ1n) is 6.15. The van der Waals surface area contributed by atoms with Gasteiger partial charge in [-0.1, -0.05) is 0 Å². The molecule has 0 saturated carbocycles. The Balaban J connectivity index is 0.000000902. The molecular formula is C16H16Cl2Zr. The van der Waals surface area contributed by atoms with Crippen molar-refractivity contribution in [1.82, 2.24) is 0 Å². The Morgan fingerprint density at radius 1 is 1.11 bits per heavy atom. The van der Waals surface area contributed by atoms with E-state index in [1.54, 1.807) is 20.0 Å². The molecular weight excluding hydrogens is 354 g/mol. The molecule has 0 amide bonds. The zero-order valence-electron chi connectivity index (χ0n) is 11.1. The Bertz CT molecular complexity index is 556. The second-order valence-electron chi connectivity index (χ2n) is 4.86. The van der Waals surface area contributed by atoms with Crippen LogP contribution in [-0.4, -0.2) is 0 Å². The molecule has 0 fully saturated rings. The summed E-state index contributed by atoms with van der Waals surface area (Å²) in [6.45, 7) is 4.59. The molecule has 0 aliphatic heterocycles. The molecule has 0 radical (unpaired) electrons. The maximum atomic E-state index is 2.39. The van der Waals surface area contributed by atoms with Crippen molar-refractivity contribution in [1.29, 1.82) is 0 Å².